The Hall–Kier alpha value is 0.570. The summed E-state index contributed by atoms with van der Waals surface area (Å²) in [5, 5.41) is 0. The molecule has 0 spiro atoms. The highest BCUT2D eigenvalue weighted by Gasteiger charge is 2.32. The van der Waals surface area contributed by atoms with Gasteiger partial charge in [-0.05, 0) is 55.2 Å². The molecule has 0 bridgehead atoms. The van der Waals surface area contributed by atoms with Gasteiger partial charge in [-0.15, -0.1) is 0 Å². The summed E-state index contributed by atoms with van der Waals surface area (Å²) in [6.45, 7) is 5.02. The average Bonchev–Trinajstić information content (AvgIpc) is 2.75. The van der Waals surface area contributed by atoms with E-state index in [1.54, 1.807) is 0 Å². The highest BCUT2D eigenvalue weighted by molar-refractivity contribution is 14.1. The lowest BCUT2D eigenvalue weighted by atomic mass is 10.0. The van der Waals surface area contributed by atoms with Crippen LogP contribution in [0.25, 0.3) is 0 Å². The van der Waals surface area contributed by atoms with Gasteiger partial charge in [-0.2, -0.15) is 0 Å². The lowest BCUT2D eigenvalue weighted by Gasteiger charge is -2.25. The topological polar surface area (TPSA) is 36.9 Å². The molecular weight excluding hydrogens is 347 g/mol. The van der Waals surface area contributed by atoms with Crippen molar-refractivity contribution in [1.29, 1.82) is 0 Å². The van der Waals surface area contributed by atoms with Crippen molar-refractivity contribution in [2.45, 2.75) is 55.0 Å². The van der Waals surface area contributed by atoms with Crippen LogP contribution in [0.4, 0.5) is 0 Å². The number of hydrogen-bond donors (Lipinski definition) is 0. The summed E-state index contributed by atoms with van der Waals surface area (Å²) in [7, 11) is 0. The van der Waals surface area contributed by atoms with Crippen molar-refractivity contribution in [2.24, 2.45) is 0 Å². The molecule has 0 amide bonds. The first-order valence-electron chi connectivity index (χ1n) is 6.88. The summed E-state index contributed by atoms with van der Waals surface area (Å²) in [5.74, 6) is 0. The molecule has 2 aliphatic rings. The normalized spacial score (nSPS) is 33.0. The zero-order valence-corrected chi connectivity index (χ0v) is 13.2. The fraction of sp³-hybridized carbons (Fsp3) is 1.00. The summed E-state index contributed by atoms with van der Waals surface area (Å²) in [5.41, 5.74) is 0. The van der Waals surface area contributed by atoms with E-state index in [-0.39, 0.29) is 3.79 Å². The second-order valence-corrected chi connectivity index (χ2v) is 6.64. The summed E-state index contributed by atoms with van der Waals surface area (Å²) < 4.78 is 22.2. The molecule has 2 unspecified atom stereocenters. The van der Waals surface area contributed by atoms with Crippen LogP contribution < -0.4 is 0 Å². The molecule has 4 nitrogen and oxygen atoms in total. The number of alkyl halides is 1. The molecule has 106 valence electrons. The van der Waals surface area contributed by atoms with Crippen molar-refractivity contribution in [3.8, 4) is 0 Å². The molecule has 5 heteroatoms. The Morgan fingerprint density at radius 1 is 1.06 bits per heavy atom. The zero-order chi connectivity index (χ0) is 12.8. The van der Waals surface area contributed by atoms with Gasteiger partial charge in [-0.3, -0.25) is 0 Å². The molecule has 0 aromatic carbocycles. The fourth-order valence-electron chi connectivity index (χ4n) is 2.39. The molecule has 2 heterocycles. The lowest BCUT2D eigenvalue weighted by molar-refractivity contribution is -0.0739. The predicted octanol–water partition coefficient (Wildman–Crippen LogP) is 2.88. The van der Waals surface area contributed by atoms with Crippen molar-refractivity contribution in [1.82, 2.24) is 0 Å². The first kappa shape index (κ1) is 15.0. The van der Waals surface area contributed by atoms with E-state index >= 15 is 0 Å². The Labute approximate surface area is 123 Å². The van der Waals surface area contributed by atoms with Gasteiger partial charge < -0.3 is 18.9 Å². The van der Waals surface area contributed by atoms with E-state index in [1.165, 1.54) is 0 Å². The van der Waals surface area contributed by atoms with Crippen LogP contribution in [0.5, 0.6) is 0 Å². The van der Waals surface area contributed by atoms with Crippen LogP contribution in [-0.2, 0) is 18.9 Å². The molecule has 0 N–H and O–H groups in total. The predicted molar refractivity (Wildman–Crippen MR) is 76.9 cm³/mol. The molecule has 2 aliphatic heterocycles. The maximum atomic E-state index is 5.82. The van der Waals surface area contributed by atoms with Crippen molar-refractivity contribution >= 4 is 22.6 Å². The average molecular weight is 370 g/mol. The smallest absolute Gasteiger partial charge is 0.221 e. The molecule has 0 aromatic heterocycles. The van der Waals surface area contributed by atoms with Crippen LogP contribution in [0.15, 0.2) is 0 Å². The minimum absolute atomic E-state index is 0.369. The van der Waals surface area contributed by atoms with Crippen LogP contribution in [-0.4, -0.2) is 42.4 Å². The number of rotatable bonds is 4. The van der Waals surface area contributed by atoms with Gasteiger partial charge in [0.05, 0.1) is 38.6 Å². The molecule has 2 saturated heterocycles. The van der Waals surface area contributed by atoms with Gasteiger partial charge in [0.15, 0.2) is 0 Å². The van der Waals surface area contributed by atoms with Crippen molar-refractivity contribution in [2.75, 3.05) is 26.4 Å². The van der Waals surface area contributed by atoms with Gasteiger partial charge in [-0.25, -0.2) is 0 Å². The van der Waals surface area contributed by atoms with E-state index in [0.29, 0.717) is 12.2 Å². The van der Waals surface area contributed by atoms with Gasteiger partial charge in [0, 0.05) is 6.42 Å². The monoisotopic (exact) mass is 370 g/mol. The van der Waals surface area contributed by atoms with Crippen LogP contribution in [0.1, 0.15) is 39.0 Å². The Morgan fingerprint density at radius 2 is 1.78 bits per heavy atom. The quantitative estimate of drug-likeness (QED) is 0.563. The zero-order valence-electron chi connectivity index (χ0n) is 11.0. The summed E-state index contributed by atoms with van der Waals surface area (Å²) in [6, 6.07) is 0. The molecule has 2 atom stereocenters. The van der Waals surface area contributed by atoms with E-state index in [1.807, 2.05) is 0 Å². The van der Waals surface area contributed by atoms with Crippen LogP contribution in [0.2, 0.25) is 0 Å². The third-order valence-corrected chi connectivity index (χ3v) is 4.62. The second kappa shape index (κ2) is 7.38. The standard InChI is InChI=1S/C13H23IO4/c1-11-4-5-12(16-8-7-15-11)3-2-6-13(14)17-9-10-18-13/h11-12H,2-10H2,1H3. The molecule has 0 radical (unpaired) electrons. The molecular formula is C13H23IO4. The van der Waals surface area contributed by atoms with Gasteiger partial charge in [-0.1, -0.05) is 0 Å². The minimum Gasteiger partial charge on any atom is -0.376 e. The van der Waals surface area contributed by atoms with Crippen LogP contribution >= 0.6 is 22.6 Å². The van der Waals surface area contributed by atoms with E-state index < -0.39 is 0 Å². The van der Waals surface area contributed by atoms with Crippen LogP contribution in [0.3, 0.4) is 0 Å². The van der Waals surface area contributed by atoms with E-state index in [4.69, 9.17) is 18.9 Å². The Balaban J connectivity index is 1.65. The summed E-state index contributed by atoms with van der Waals surface area (Å²) in [4.78, 5) is 0. The first-order chi connectivity index (χ1) is 8.68. The number of ether oxygens (including phenoxy) is 4. The fourth-order valence-corrected chi connectivity index (χ4v) is 3.22. The lowest BCUT2D eigenvalue weighted by Crippen LogP contribution is -2.26. The maximum Gasteiger partial charge on any atom is 0.221 e. The molecule has 0 aliphatic carbocycles. The Kier molecular flexibility index (Phi) is 6.14. The Morgan fingerprint density at radius 3 is 2.56 bits per heavy atom. The van der Waals surface area contributed by atoms with Gasteiger partial charge in [0.25, 0.3) is 0 Å². The third kappa shape index (κ3) is 4.92. The number of halogens is 1. The number of hydrogen-bond acceptors (Lipinski definition) is 4. The maximum absolute atomic E-state index is 5.82. The van der Waals surface area contributed by atoms with Gasteiger partial charge >= 0.3 is 0 Å². The van der Waals surface area contributed by atoms with Gasteiger partial charge in [0.2, 0.25) is 3.79 Å². The second-order valence-electron chi connectivity index (χ2n) is 5.00. The summed E-state index contributed by atoms with van der Waals surface area (Å²) in [6.07, 6.45) is 6.04. The van der Waals surface area contributed by atoms with E-state index in [0.717, 1.165) is 58.5 Å². The molecule has 2 rings (SSSR count). The largest absolute Gasteiger partial charge is 0.376 e. The van der Waals surface area contributed by atoms with E-state index in [2.05, 4.69) is 29.5 Å². The van der Waals surface area contributed by atoms with Crippen molar-refractivity contribution in [3.05, 3.63) is 0 Å². The molecule has 0 aromatic rings. The highest BCUT2D eigenvalue weighted by Crippen LogP contribution is 2.33. The SMILES string of the molecule is CC1CCC(CCCC2(I)OCCO2)OCCO1. The molecule has 0 saturated carbocycles. The first-order valence-corrected chi connectivity index (χ1v) is 7.96. The highest BCUT2D eigenvalue weighted by atomic mass is 127. The minimum atomic E-state index is -0.379. The van der Waals surface area contributed by atoms with Gasteiger partial charge in [0.1, 0.15) is 0 Å². The van der Waals surface area contributed by atoms with Crippen LogP contribution in [0, 0.1) is 0 Å². The van der Waals surface area contributed by atoms with Crippen molar-refractivity contribution in [3.63, 3.8) is 0 Å². The van der Waals surface area contributed by atoms with E-state index in [9.17, 15) is 0 Å². The van der Waals surface area contributed by atoms with Crippen molar-refractivity contribution < 1.29 is 18.9 Å². The molecule has 2 fully saturated rings. The molecule has 18 heavy (non-hydrogen) atoms. The Bertz CT molecular complexity index is 243. The third-order valence-electron chi connectivity index (χ3n) is 3.45. The summed E-state index contributed by atoms with van der Waals surface area (Å²) >= 11 is 2.27.